The van der Waals surface area contributed by atoms with Gasteiger partial charge < -0.3 is 10.0 Å². The minimum absolute atomic E-state index is 0. The third-order valence-electron chi connectivity index (χ3n) is 5.82. The Hall–Kier alpha value is -1.37. The number of aliphatic carboxylic acids is 1. The topological polar surface area (TPSA) is 60.9 Å². The minimum Gasteiger partial charge on any atom is -0.481 e. The van der Waals surface area contributed by atoms with Crippen LogP contribution in [0.1, 0.15) is 31.1 Å². The highest BCUT2D eigenvalue weighted by Gasteiger charge is 2.56. The Bertz CT molecular complexity index is 651. The monoisotopic (exact) mass is 398 g/mol. The third kappa shape index (κ3) is 3.82. The van der Waals surface area contributed by atoms with Gasteiger partial charge in [-0.3, -0.25) is 14.5 Å². The van der Waals surface area contributed by atoms with Crippen LogP contribution in [0.5, 0.6) is 0 Å². The van der Waals surface area contributed by atoms with Crippen molar-refractivity contribution in [2.45, 2.75) is 38.8 Å². The Morgan fingerprint density at radius 3 is 2.92 bits per heavy atom. The lowest BCUT2D eigenvalue weighted by molar-refractivity contribution is -0.150. The van der Waals surface area contributed by atoms with Crippen molar-refractivity contribution in [1.82, 2.24) is 9.80 Å². The van der Waals surface area contributed by atoms with E-state index in [2.05, 4.69) is 11.5 Å². The van der Waals surface area contributed by atoms with Crippen LogP contribution in [0.3, 0.4) is 0 Å². The highest BCUT2D eigenvalue weighted by molar-refractivity contribution is 7.09. The number of thiophene rings is 1. The molecule has 0 aromatic carbocycles. The van der Waals surface area contributed by atoms with E-state index in [1.807, 2.05) is 29.3 Å². The molecule has 0 radical (unpaired) electrons. The molecule has 1 amide bonds. The predicted molar refractivity (Wildman–Crippen MR) is 106 cm³/mol. The maximum Gasteiger partial charge on any atom is 0.311 e. The van der Waals surface area contributed by atoms with Crippen molar-refractivity contribution >= 4 is 35.6 Å². The Labute approximate surface area is 165 Å². The van der Waals surface area contributed by atoms with Crippen molar-refractivity contribution in [2.75, 3.05) is 19.6 Å². The van der Waals surface area contributed by atoms with E-state index in [0.717, 1.165) is 24.1 Å². The lowest BCUT2D eigenvalue weighted by Crippen LogP contribution is -2.47. The molecular weight excluding hydrogens is 372 g/mol. The summed E-state index contributed by atoms with van der Waals surface area (Å²) in [6.45, 7) is 7.95. The molecular formula is C19H27ClN2O3S. The molecule has 1 unspecified atom stereocenters. The SMILES string of the molecule is C=CCN(Cc1cccs1)C(=O)C(C)N1C[C@@H]2CCC[C@@]2(C(=O)O)C1.Cl. The largest absolute Gasteiger partial charge is 0.481 e. The highest BCUT2D eigenvalue weighted by atomic mass is 35.5. The normalized spacial score (nSPS) is 26.0. The first-order valence-electron chi connectivity index (χ1n) is 8.87. The second-order valence-corrected chi connectivity index (χ2v) is 8.27. The molecule has 1 aliphatic heterocycles. The molecule has 7 heteroatoms. The lowest BCUT2D eigenvalue weighted by Gasteiger charge is -2.31. The van der Waals surface area contributed by atoms with E-state index in [1.165, 1.54) is 0 Å². The number of carbonyl (C=O) groups excluding carboxylic acids is 1. The van der Waals surface area contributed by atoms with Crippen LogP contribution in [0.25, 0.3) is 0 Å². The zero-order valence-corrected chi connectivity index (χ0v) is 16.7. The van der Waals surface area contributed by atoms with Gasteiger partial charge in [-0.25, -0.2) is 0 Å². The molecule has 1 saturated heterocycles. The highest BCUT2D eigenvalue weighted by Crippen LogP contribution is 2.49. The van der Waals surface area contributed by atoms with Gasteiger partial charge >= 0.3 is 5.97 Å². The number of carboxylic acid groups (broad SMARTS) is 1. The number of likely N-dealkylation sites (tertiary alicyclic amines) is 1. The van der Waals surface area contributed by atoms with E-state index in [-0.39, 0.29) is 30.3 Å². The Morgan fingerprint density at radius 1 is 1.58 bits per heavy atom. The van der Waals surface area contributed by atoms with Gasteiger partial charge in [0, 0.05) is 24.5 Å². The molecule has 1 N–H and O–H groups in total. The summed E-state index contributed by atoms with van der Waals surface area (Å²) in [5.41, 5.74) is -0.647. The van der Waals surface area contributed by atoms with Crippen LogP contribution < -0.4 is 0 Å². The smallest absolute Gasteiger partial charge is 0.311 e. The molecule has 5 nitrogen and oxygen atoms in total. The summed E-state index contributed by atoms with van der Waals surface area (Å²) in [4.78, 5) is 29.9. The van der Waals surface area contributed by atoms with Gasteiger partial charge in [0.2, 0.25) is 5.91 Å². The van der Waals surface area contributed by atoms with E-state index in [1.54, 1.807) is 17.4 Å². The average molecular weight is 399 g/mol. The summed E-state index contributed by atoms with van der Waals surface area (Å²) >= 11 is 1.64. The molecule has 144 valence electrons. The van der Waals surface area contributed by atoms with Crippen LogP contribution in [0.2, 0.25) is 0 Å². The van der Waals surface area contributed by atoms with Gasteiger partial charge in [0.15, 0.2) is 0 Å². The number of hydrogen-bond donors (Lipinski definition) is 1. The van der Waals surface area contributed by atoms with Crippen molar-refractivity contribution in [1.29, 1.82) is 0 Å². The van der Waals surface area contributed by atoms with Crippen molar-refractivity contribution in [3.8, 4) is 0 Å². The molecule has 1 aromatic heterocycles. The summed E-state index contributed by atoms with van der Waals surface area (Å²) < 4.78 is 0. The van der Waals surface area contributed by atoms with Gasteiger partial charge in [-0.15, -0.1) is 30.3 Å². The first-order chi connectivity index (χ1) is 12.0. The fraction of sp³-hybridized carbons (Fsp3) is 0.579. The second-order valence-electron chi connectivity index (χ2n) is 7.24. The number of hydrogen-bond acceptors (Lipinski definition) is 4. The zero-order valence-electron chi connectivity index (χ0n) is 15.1. The van der Waals surface area contributed by atoms with Gasteiger partial charge in [-0.2, -0.15) is 0 Å². The summed E-state index contributed by atoms with van der Waals surface area (Å²) in [5, 5.41) is 11.8. The summed E-state index contributed by atoms with van der Waals surface area (Å²) in [6, 6.07) is 3.71. The Kier molecular flexibility index (Phi) is 6.88. The van der Waals surface area contributed by atoms with Crippen LogP contribution in [-0.2, 0) is 16.1 Å². The van der Waals surface area contributed by atoms with E-state index >= 15 is 0 Å². The summed E-state index contributed by atoms with van der Waals surface area (Å²) in [5.74, 6) is -0.474. The van der Waals surface area contributed by atoms with Crippen LogP contribution in [0.4, 0.5) is 0 Å². The number of nitrogens with zero attached hydrogens (tertiary/aromatic N) is 2. The van der Waals surface area contributed by atoms with Crippen molar-refractivity contribution in [2.24, 2.45) is 11.3 Å². The Balaban J connectivity index is 0.00000243. The summed E-state index contributed by atoms with van der Waals surface area (Å²) in [6.07, 6.45) is 4.41. The molecule has 3 atom stereocenters. The predicted octanol–water partition coefficient (Wildman–Crippen LogP) is 3.26. The molecule has 1 aromatic rings. The van der Waals surface area contributed by atoms with Crippen LogP contribution in [0, 0.1) is 11.3 Å². The van der Waals surface area contributed by atoms with Crippen molar-refractivity contribution in [3.63, 3.8) is 0 Å². The molecule has 1 saturated carbocycles. The molecule has 2 heterocycles. The zero-order chi connectivity index (χ0) is 18.0. The minimum atomic E-state index is -0.696. The fourth-order valence-corrected chi connectivity index (χ4v) is 5.09. The lowest BCUT2D eigenvalue weighted by atomic mass is 9.81. The van der Waals surface area contributed by atoms with Gasteiger partial charge in [0.25, 0.3) is 0 Å². The second kappa shape index (κ2) is 8.55. The number of amides is 1. The standard InChI is InChI=1S/C19H26N2O3S.ClH/c1-3-9-20(12-16-7-5-10-25-16)17(22)14(2)21-11-15-6-4-8-19(15,13-21)18(23)24;/h3,5,7,10,14-15H,1,4,6,8-9,11-13H2,2H3,(H,23,24);1H/t14?,15-,19+;/m0./s1. The first kappa shape index (κ1) is 20.9. The van der Waals surface area contributed by atoms with Gasteiger partial charge in [0.05, 0.1) is 18.0 Å². The van der Waals surface area contributed by atoms with E-state index in [4.69, 9.17) is 0 Å². The maximum absolute atomic E-state index is 13.0. The van der Waals surface area contributed by atoms with Gasteiger partial charge in [-0.1, -0.05) is 18.6 Å². The fourth-order valence-electron chi connectivity index (χ4n) is 4.37. The number of carbonyl (C=O) groups is 2. The average Bonchev–Trinajstić information content (AvgIpc) is 3.28. The van der Waals surface area contributed by atoms with Crippen LogP contribution in [-0.4, -0.2) is 52.5 Å². The number of halogens is 1. The molecule has 0 spiro atoms. The first-order valence-corrected chi connectivity index (χ1v) is 9.75. The van der Waals surface area contributed by atoms with Crippen molar-refractivity contribution in [3.05, 3.63) is 35.0 Å². The van der Waals surface area contributed by atoms with Crippen LogP contribution in [0.15, 0.2) is 30.2 Å². The van der Waals surface area contributed by atoms with Crippen molar-refractivity contribution < 1.29 is 14.7 Å². The van der Waals surface area contributed by atoms with E-state index < -0.39 is 11.4 Å². The third-order valence-corrected chi connectivity index (χ3v) is 6.68. The molecule has 0 bridgehead atoms. The summed E-state index contributed by atoms with van der Waals surface area (Å²) in [7, 11) is 0. The number of rotatable bonds is 7. The van der Waals surface area contributed by atoms with Gasteiger partial charge in [0.1, 0.15) is 0 Å². The van der Waals surface area contributed by atoms with E-state index in [0.29, 0.717) is 26.2 Å². The van der Waals surface area contributed by atoms with Crippen LogP contribution >= 0.6 is 23.7 Å². The molecule has 2 fully saturated rings. The molecule has 26 heavy (non-hydrogen) atoms. The molecule has 3 rings (SSSR count). The number of fused-ring (bicyclic) bond motifs is 1. The Morgan fingerprint density at radius 2 is 2.35 bits per heavy atom. The maximum atomic E-state index is 13.0. The quantitative estimate of drug-likeness (QED) is 0.716. The van der Waals surface area contributed by atoms with E-state index in [9.17, 15) is 14.7 Å². The molecule has 2 aliphatic rings. The number of carboxylic acids is 1. The van der Waals surface area contributed by atoms with Gasteiger partial charge in [-0.05, 0) is 37.1 Å². The molecule has 1 aliphatic carbocycles.